The average molecular weight is 491 g/mol. The smallest absolute Gasteiger partial charge is 0.257 e. The summed E-state index contributed by atoms with van der Waals surface area (Å²) in [5.41, 5.74) is 2.26. The number of aryl methyl sites for hydroxylation is 1. The van der Waals surface area contributed by atoms with Crippen LogP contribution in [0.1, 0.15) is 56.1 Å². The molecule has 182 valence electrons. The number of amides is 3. The molecule has 4 aliphatic carbocycles. The van der Waals surface area contributed by atoms with Crippen molar-refractivity contribution in [1.29, 1.82) is 0 Å². The number of imide groups is 1. The number of anilines is 1. The van der Waals surface area contributed by atoms with Gasteiger partial charge in [0.1, 0.15) is 6.04 Å². The molecule has 5 aliphatic rings. The van der Waals surface area contributed by atoms with Gasteiger partial charge in [-0.15, -0.1) is 0 Å². The van der Waals surface area contributed by atoms with Gasteiger partial charge in [0.15, 0.2) is 0 Å². The Balaban J connectivity index is 1.34. The lowest BCUT2D eigenvalue weighted by Crippen LogP contribution is -2.57. The maximum atomic E-state index is 14.4. The number of benzene rings is 2. The topological polar surface area (TPSA) is 57.7 Å². The van der Waals surface area contributed by atoms with E-state index in [4.69, 9.17) is 11.6 Å². The number of halogens is 1. The van der Waals surface area contributed by atoms with Crippen LogP contribution in [0.4, 0.5) is 5.69 Å². The van der Waals surface area contributed by atoms with E-state index in [1.807, 2.05) is 31.2 Å². The second-order valence-corrected chi connectivity index (χ2v) is 11.8. The average Bonchev–Trinajstić information content (AvgIpc) is 3.11. The second-order valence-electron chi connectivity index (χ2n) is 11.4. The van der Waals surface area contributed by atoms with E-state index in [9.17, 15) is 14.4 Å². The highest BCUT2D eigenvalue weighted by molar-refractivity contribution is 6.30. The summed E-state index contributed by atoms with van der Waals surface area (Å²) in [6, 6.07) is 14.1. The van der Waals surface area contributed by atoms with E-state index in [0.29, 0.717) is 35.0 Å². The number of hydrogen-bond donors (Lipinski definition) is 0. The van der Waals surface area contributed by atoms with Crippen molar-refractivity contribution in [2.45, 2.75) is 64.5 Å². The van der Waals surface area contributed by atoms with Crippen LogP contribution in [0, 0.1) is 30.1 Å². The predicted octanol–water partition coefficient (Wildman–Crippen LogP) is 5.53. The lowest BCUT2D eigenvalue weighted by Gasteiger charge is -2.57. The molecule has 1 aliphatic heterocycles. The molecular weight excluding hydrogens is 460 g/mol. The second kappa shape index (κ2) is 8.48. The molecule has 35 heavy (non-hydrogen) atoms. The van der Waals surface area contributed by atoms with E-state index in [-0.39, 0.29) is 29.6 Å². The van der Waals surface area contributed by atoms with Crippen molar-refractivity contribution < 1.29 is 14.4 Å². The molecule has 0 radical (unpaired) electrons. The summed E-state index contributed by atoms with van der Waals surface area (Å²) >= 11 is 6.02. The van der Waals surface area contributed by atoms with E-state index < -0.39 is 6.04 Å². The number of carbonyl (C=O) groups is 3. The summed E-state index contributed by atoms with van der Waals surface area (Å²) < 4.78 is 0. The van der Waals surface area contributed by atoms with E-state index in [1.165, 1.54) is 24.2 Å². The minimum Gasteiger partial charge on any atom is -0.325 e. The minimum atomic E-state index is -0.778. The first kappa shape index (κ1) is 22.8. The zero-order valence-corrected chi connectivity index (χ0v) is 20.8. The molecule has 5 nitrogen and oxygen atoms in total. The van der Waals surface area contributed by atoms with Crippen molar-refractivity contribution in [3.8, 4) is 0 Å². The standard InChI is InChI=1S/C29H31ClN2O3/c1-18-2-4-19(5-3-18)17-31(28(35)29-14-20-10-21(15-29)12-22(11-20)16-29)25-13-26(33)32(27(25)34)24-8-6-23(30)7-9-24/h2-9,20-22,25H,10-17H2,1H3. The van der Waals surface area contributed by atoms with Crippen molar-refractivity contribution in [3.63, 3.8) is 0 Å². The Morgan fingerprint density at radius 2 is 1.51 bits per heavy atom. The maximum Gasteiger partial charge on any atom is 0.257 e. The summed E-state index contributed by atoms with van der Waals surface area (Å²) in [6.45, 7) is 2.38. The van der Waals surface area contributed by atoms with Crippen LogP contribution in [-0.2, 0) is 20.9 Å². The normalized spacial score (nSPS) is 31.3. The lowest BCUT2D eigenvalue weighted by atomic mass is 9.49. The van der Waals surface area contributed by atoms with Crippen LogP contribution >= 0.6 is 11.6 Å². The van der Waals surface area contributed by atoms with Gasteiger partial charge in [0.2, 0.25) is 11.8 Å². The Bertz CT molecular complexity index is 1140. The van der Waals surface area contributed by atoms with Crippen LogP contribution in [0.5, 0.6) is 0 Å². The Kier molecular flexibility index (Phi) is 5.52. The van der Waals surface area contributed by atoms with Gasteiger partial charge in [-0.05, 0) is 93.0 Å². The molecule has 1 saturated heterocycles. The quantitative estimate of drug-likeness (QED) is 0.518. The molecule has 1 atom stereocenters. The van der Waals surface area contributed by atoms with Gasteiger partial charge in [-0.3, -0.25) is 14.4 Å². The van der Waals surface area contributed by atoms with Crippen LogP contribution in [0.15, 0.2) is 48.5 Å². The molecule has 0 spiro atoms. The molecule has 1 heterocycles. The Morgan fingerprint density at radius 1 is 0.943 bits per heavy atom. The third kappa shape index (κ3) is 3.98. The highest BCUT2D eigenvalue weighted by atomic mass is 35.5. The fraction of sp³-hybridized carbons (Fsp3) is 0.483. The number of rotatable bonds is 5. The van der Waals surface area contributed by atoms with Crippen LogP contribution in [0.3, 0.4) is 0 Å². The number of carbonyl (C=O) groups excluding carboxylic acids is 3. The highest BCUT2D eigenvalue weighted by Crippen LogP contribution is 2.60. The van der Waals surface area contributed by atoms with Gasteiger partial charge in [0.25, 0.3) is 5.91 Å². The Morgan fingerprint density at radius 3 is 2.09 bits per heavy atom. The maximum absolute atomic E-state index is 14.4. The summed E-state index contributed by atoms with van der Waals surface area (Å²) in [4.78, 5) is 44.2. The SMILES string of the molecule is Cc1ccc(CN(C(=O)C23CC4CC(CC(C4)C2)C3)C2CC(=O)N(c3ccc(Cl)cc3)C2=O)cc1. The van der Waals surface area contributed by atoms with Crippen LogP contribution in [0.25, 0.3) is 0 Å². The molecule has 2 aromatic carbocycles. The van der Waals surface area contributed by atoms with Crippen molar-refractivity contribution in [1.82, 2.24) is 4.90 Å². The first-order valence-electron chi connectivity index (χ1n) is 12.8. The number of nitrogens with zero attached hydrogens (tertiary/aromatic N) is 2. The molecule has 7 rings (SSSR count). The van der Waals surface area contributed by atoms with Crippen LogP contribution in [0.2, 0.25) is 5.02 Å². The van der Waals surface area contributed by atoms with Gasteiger partial charge in [-0.25, -0.2) is 4.90 Å². The van der Waals surface area contributed by atoms with Crippen molar-refractivity contribution >= 4 is 35.0 Å². The molecule has 6 heteroatoms. The molecule has 5 fully saturated rings. The molecule has 3 amide bonds. The van der Waals surface area contributed by atoms with Crippen LogP contribution < -0.4 is 4.90 Å². The van der Waals surface area contributed by atoms with E-state index in [2.05, 4.69) is 0 Å². The first-order valence-corrected chi connectivity index (χ1v) is 13.2. The minimum absolute atomic E-state index is 0.0193. The van der Waals surface area contributed by atoms with E-state index >= 15 is 0 Å². The molecule has 4 bridgehead atoms. The van der Waals surface area contributed by atoms with Crippen molar-refractivity contribution in [3.05, 3.63) is 64.7 Å². The molecule has 0 aromatic heterocycles. The van der Waals surface area contributed by atoms with Crippen LogP contribution in [-0.4, -0.2) is 28.7 Å². The number of hydrogen-bond acceptors (Lipinski definition) is 3. The van der Waals surface area contributed by atoms with E-state index in [0.717, 1.165) is 30.4 Å². The first-order chi connectivity index (χ1) is 16.8. The van der Waals surface area contributed by atoms with Gasteiger partial charge in [-0.2, -0.15) is 0 Å². The van der Waals surface area contributed by atoms with Crippen molar-refractivity contribution in [2.75, 3.05) is 4.90 Å². The summed E-state index contributed by atoms with van der Waals surface area (Å²) in [5, 5.41) is 0.544. The molecule has 2 aromatic rings. The molecule has 1 unspecified atom stereocenters. The zero-order chi connectivity index (χ0) is 24.3. The summed E-state index contributed by atoms with van der Waals surface area (Å²) in [5.74, 6) is 1.37. The van der Waals surface area contributed by atoms with Gasteiger partial charge in [0, 0.05) is 11.6 Å². The zero-order valence-electron chi connectivity index (χ0n) is 20.1. The summed E-state index contributed by atoms with van der Waals surface area (Å²) in [6.07, 6.45) is 6.54. The fourth-order valence-corrected chi connectivity index (χ4v) is 7.74. The molecule has 0 N–H and O–H groups in total. The predicted molar refractivity (Wildman–Crippen MR) is 135 cm³/mol. The highest BCUT2D eigenvalue weighted by Gasteiger charge is 2.57. The van der Waals surface area contributed by atoms with E-state index in [1.54, 1.807) is 29.2 Å². The van der Waals surface area contributed by atoms with Crippen molar-refractivity contribution in [2.24, 2.45) is 23.2 Å². The van der Waals surface area contributed by atoms with Gasteiger partial charge >= 0.3 is 0 Å². The lowest BCUT2D eigenvalue weighted by molar-refractivity contribution is -0.162. The fourth-order valence-electron chi connectivity index (χ4n) is 7.61. The Labute approximate surface area is 211 Å². The van der Waals surface area contributed by atoms with Gasteiger partial charge in [-0.1, -0.05) is 41.4 Å². The molecular formula is C29H31ClN2O3. The van der Waals surface area contributed by atoms with Gasteiger partial charge < -0.3 is 4.90 Å². The molecule has 4 saturated carbocycles. The third-order valence-corrected chi connectivity index (χ3v) is 9.06. The Hall–Kier alpha value is -2.66. The third-order valence-electron chi connectivity index (χ3n) is 8.81. The monoisotopic (exact) mass is 490 g/mol. The largest absolute Gasteiger partial charge is 0.325 e. The summed E-state index contributed by atoms with van der Waals surface area (Å²) in [7, 11) is 0. The van der Waals surface area contributed by atoms with Gasteiger partial charge in [0.05, 0.1) is 17.5 Å².